The first-order valence-electron chi connectivity index (χ1n) is 7.96. The number of thioether (sulfide) groups is 1. The third-order valence-corrected chi connectivity index (χ3v) is 5.31. The van der Waals surface area contributed by atoms with E-state index in [0.717, 1.165) is 5.56 Å². The van der Waals surface area contributed by atoms with Crippen LogP contribution in [0.5, 0.6) is 0 Å². The van der Waals surface area contributed by atoms with E-state index in [4.69, 9.17) is 11.6 Å². The minimum atomic E-state index is 0. The Hall–Kier alpha value is -1.20. The van der Waals surface area contributed by atoms with Gasteiger partial charge in [0.2, 0.25) is 5.91 Å². The zero-order valence-corrected chi connectivity index (χ0v) is 16.8. The minimum Gasteiger partial charge on any atom is -0.354 e. The number of rotatable bonds is 8. The molecule has 2 aromatic carbocycles. The number of hydrogen-bond donors (Lipinski definition) is 2. The molecular formula is C19H24Cl2N2OS. The van der Waals surface area contributed by atoms with Crippen LogP contribution in [0.25, 0.3) is 0 Å². The molecule has 0 spiro atoms. The van der Waals surface area contributed by atoms with E-state index in [1.54, 1.807) is 11.8 Å². The number of amides is 1. The molecule has 136 valence electrons. The molecule has 0 heterocycles. The number of hydrogen-bond acceptors (Lipinski definition) is 3. The highest BCUT2D eigenvalue weighted by molar-refractivity contribution is 8.00. The summed E-state index contributed by atoms with van der Waals surface area (Å²) in [5.74, 6) is 0.468. The van der Waals surface area contributed by atoms with Gasteiger partial charge in [0.1, 0.15) is 0 Å². The second kappa shape index (κ2) is 11.4. The molecule has 2 aromatic rings. The predicted octanol–water partition coefficient (Wildman–Crippen LogP) is 4.31. The van der Waals surface area contributed by atoms with Gasteiger partial charge in [-0.05, 0) is 37.2 Å². The summed E-state index contributed by atoms with van der Waals surface area (Å²) >= 11 is 7.62. The van der Waals surface area contributed by atoms with Crippen molar-refractivity contribution in [3.8, 4) is 0 Å². The standard InChI is InChI=1S/C19H23ClN2OS.ClH/c1-14(21-2)12-22-18(23)13-24-19(15-6-4-3-5-7-15)16-8-10-17(20)11-9-16;/h3-11,14,19,21H,12-13H2,1-2H3,(H,22,23);1H. The average Bonchev–Trinajstić information content (AvgIpc) is 2.62. The van der Waals surface area contributed by atoms with Crippen molar-refractivity contribution in [1.29, 1.82) is 0 Å². The van der Waals surface area contributed by atoms with Crippen molar-refractivity contribution in [2.45, 2.75) is 18.2 Å². The maximum absolute atomic E-state index is 12.1. The van der Waals surface area contributed by atoms with Crippen LogP contribution in [0.4, 0.5) is 0 Å². The van der Waals surface area contributed by atoms with Crippen LogP contribution in [0.1, 0.15) is 23.3 Å². The van der Waals surface area contributed by atoms with Gasteiger partial charge in [0, 0.05) is 17.6 Å². The van der Waals surface area contributed by atoms with Crippen LogP contribution in [0.15, 0.2) is 54.6 Å². The Kier molecular flexibility index (Phi) is 9.98. The van der Waals surface area contributed by atoms with E-state index >= 15 is 0 Å². The van der Waals surface area contributed by atoms with Crippen molar-refractivity contribution in [1.82, 2.24) is 10.6 Å². The van der Waals surface area contributed by atoms with E-state index in [0.29, 0.717) is 17.3 Å². The van der Waals surface area contributed by atoms with Gasteiger partial charge < -0.3 is 10.6 Å². The van der Waals surface area contributed by atoms with Gasteiger partial charge in [-0.1, -0.05) is 54.1 Å². The summed E-state index contributed by atoms with van der Waals surface area (Å²) in [5.41, 5.74) is 2.33. The lowest BCUT2D eigenvalue weighted by Gasteiger charge is -2.18. The number of likely N-dealkylation sites (N-methyl/N-ethyl adjacent to an activating group) is 1. The van der Waals surface area contributed by atoms with Crippen LogP contribution in [0.3, 0.4) is 0 Å². The van der Waals surface area contributed by atoms with Crippen molar-refractivity contribution in [2.24, 2.45) is 0 Å². The largest absolute Gasteiger partial charge is 0.354 e. The monoisotopic (exact) mass is 398 g/mol. The Bertz CT molecular complexity index is 638. The highest BCUT2D eigenvalue weighted by Gasteiger charge is 2.16. The Morgan fingerprint density at radius 3 is 2.28 bits per heavy atom. The summed E-state index contributed by atoms with van der Waals surface area (Å²) < 4.78 is 0. The van der Waals surface area contributed by atoms with E-state index in [9.17, 15) is 4.79 Å². The van der Waals surface area contributed by atoms with Gasteiger partial charge in [-0.3, -0.25) is 4.79 Å². The molecule has 25 heavy (non-hydrogen) atoms. The first-order valence-corrected chi connectivity index (χ1v) is 9.38. The predicted molar refractivity (Wildman–Crippen MR) is 111 cm³/mol. The molecule has 0 bridgehead atoms. The highest BCUT2D eigenvalue weighted by Crippen LogP contribution is 2.35. The summed E-state index contributed by atoms with van der Waals surface area (Å²) in [5, 5.41) is 6.89. The SMILES string of the molecule is CNC(C)CNC(=O)CSC(c1ccccc1)c1ccc(Cl)cc1.Cl. The van der Waals surface area contributed by atoms with Crippen molar-refractivity contribution >= 4 is 41.7 Å². The molecular weight excluding hydrogens is 375 g/mol. The number of carbonyl (C=O) groups is 1. The zero-order valence-electron chi connectivity index (χ0n) is 14.4. The fourth-order valence-corrected chi connectivity index (χ4v) is 3.47. The number of nitrogens with one attached hydrogen (secondary N) is 2. The fourth-order valence-electron chi connectivity index (χ4n) is 2.23. The maximum atomic E-state index is 12.1. The molecule has 0 saturated heterocycles. The van der Waals surface area contributed by atoms with Gasteiger partial charge >= 0.3 is 0 Å². The third-order valence-electron chi connectivity index (χ3n) is 3.75. The molecule has 2 rings (SSSR count). The third kappa shape index (κ3) is 7.28. The quantitative estimate of drug-likeness (QED) is 0.695. The smallest absolute Gasteiger partial charge is 0.230 e. The molecule has 2 unspecified atom stereocenters. The first kappa shape index (κ1) is 21.8. The van der Waals surface area contributed by atoms with Crippen molar-refractivity contribution < 1.29 is 4.79 Å². The lowest BCUT2D eigenvalue weighted by Crippen LogP contribution is -2.38. The first-order chi connectivity index (χ1) is 11.6. The van der Waals surface area contributed by atoms with E-state index in [1.807, 2.05) is 56.4 Å². The Balaban J connectivity index is 0.00000312. The Morgan fingerprint density at radius 2 is 1.68 bits per heavy atom. The normalized spacial score (nSPS) is 12.8. The molecule has 3 nitrogen and oxygen atoms in total. The van der Waals surface area contributed by atoms with E-state index in [-0.39, 0.29) is 29.6 Å². The summed E-state index contributed by atoms with van der Waals surface area (Å²) in [6.07, 6.45) is 0. The van der Waals surface area contributed by atoms with Gasteiger partial charge in [0.25, 0.3) is 0 Å². The van der Waals surface area contributed by atoms with Crippen molar-refractivity contribution in [3.63, 3.8) is 0 Å². The molecule has 0 radical (unpaired) electrons. The Morgan fingerprint density at radius 1 is 1.08 bits per heavy atom. The average molecular weight is 399 g/mol. The van der Waals surface area contributed by atoms with Gasteiger partial charge in [0.05, 0.1) is 11.0 Å². The summed E-state index contributed by atoms with van der Waals surface area (Å²) in [6.45, 7) is 2.67. The molecule has 0 aliphatic heterocycles. The van der Waals surface area contributed by atoms with E-state index < -0.39 is 0 Å². The van der Waals surface area contributed by atoms with Gasteiger partial charge in [0.15, 0.2) is 0 Å². The molecule has 2 atom stereocenters. The van der Waals surface area contributed by atoms with Gasteiger partial charge in [-0.15, -0.1) is 24.2 Å². The summed E-state index contributed by atoms with van der Waals surface area (Å²) in [4.78, 5) is 12.1. The molecule has 0 aliphatic carbocycles. The van der Waals surface area contributed by atoms with Crippen molar-refractivity contribution in [3.05, 3.63) is 70.7 Å². The lowest BCUT2D eigenvalue weighted by molar-refractivity contribution is -0.118. The zero-order chi connectivity index (χ0) is 17.4. The van der Waals surface area contributed by atoms with Gasteiger partial charge in [-0.25, -0.2) is 0 Å². The summed E-state index contributed by atoms with van der Waals surface area (Å²) in [7, 11) is 1.89. The highest BCUT2D eigenvalue weighted by atomic mass is 35.5. The number of carbonyl (C=O) groups excluding carboxylic acids is 1. The second-order valence-corrected chi connectivity index (χ2v) is 7.18. The lowest BCUT2D eigenvalue weighted by atomic mass is 10.0. The van der Waals surface area contributed by atoms with Crippen LogP contribution in [0.2, 0.25) is 5.02 Å². The maximum Gasteiger partial charge on any atom is 0.230 e. The molecule has 0 aromatic heterocycles. The molecule has 6 heteroatoms. The van der Waals surface area contributed by atoms with E-state index in [2.05, 4.69) is 22.8 Å². The van der Waals surface area contributed by atoms with Gasteiger partial charge in [-0.2, -0.15) is 0 Å². The van der Waals surface area contributed by atoms with E-state index in [1.165, 1.54) is 5.56 Å². The Labute approximate surface area is 165 Å². The molecule has 2 N–H and O–H groups in total. The number of halogens is 2. The second-order valence-electron chi connectivity index (χ2n) is 5.65. The molecule has 0 aliphatic rings. The molecule has 0 saturated carbocycles. The summed E-state index contributed by atoms with van der Waals surface area (Å²) in [6, 6.07) is 18.3. The van der Waals surface area contributed by atoms with Crippen LogP contribution in [-0.4, -0.2) is 31.3 Å². The van der Waals surface area contributed by atoms with Crippen LogP contribution >= 0.6 is 35.8 Å². The fraction of sp³-hybridized carbons (Fsp3) is 0.316. The van der Waals surface area contributed by atoms with Crippen molar-refractivity contribution in [2.75, 3.05) is 19.3 Å². The number of benzene rings is 2. The molecule has 0 fully saturated rings. The van der Waals surface area contributed by atoms with Crippen LogP contribution in [0, 0.1) is 0 Å². The van der Waals surface area contributed by atoms with Crippen LogP contribution in [-0.2, 0) is 4.79 Å². The topological polar surface area (TPSA) is 41.1 Å². The van der Waals surface area contributed by atoms with Crippen LogP contribution < -0.4 is 10.6 Å². The minimum absolute atomic E-state index is 0. The molecule has 1 amide bonds.